The number of benzene rings is 1. The van der Waals surface area contributed by atoms with Gasteiger partial charge < -0.3 is 0 Å². The molecule has 0 N–H and O–H groups in total. The summed E-state index contributed by atoms with van der Waals surface area (Å²) in [7, 11) is 0. The molecule has 0 aromatic heterocycles. The van der Waals surface area contributed by atoms with E-state index in [1.54, 1.807) is 0 Å². The first-order chi connectivity index (χ1) is 4.63. The Bertz CT molecular complexity index is 231. The fourth-order valence-corrected chi connectivity index (χ4v) is 0.722. The van der Waals surface area contributed by atoms with Crippen LogP contribution < -0.4 is 0 Å². The van der Waals surface area contributed by atoms with Crippen LogP contribution in [0.1, 0.15) is 5.56 Å². The number of halogens is 3. The van der Waals surface area contributed by atoms with Crippen molar-refractivity contribution in [3.63, 3.8) is 0 Å². The lowest BCUT2D eigenvalue weighted by Crippen LogP contribution is -1.86. The lowest BCUT2D eigenvalue weighted by atomic mass is 10.2. The summed E-state index contributed by atoms with van der Waals surface area (Å²) >= 11 is 5.31. The van der Waals surface area contributed by atoms with E-state index in [0.29, 0.717) is 0 Å². The van der Waals surface area contributed by atoms with Gasteiger partial charge in [-0.3, -0.25) is 0 Å². The molecule has 0 bridgehead atoms. The van der Waals surface area contributed by atoms with Crippen LogP contribution in [0.5, 0.6) is 0 Å². The maximum atomic E-state index is 12.4. The lowest BCUT2D eigenvalue weighted by Gasteiger charge is -1.98. The smallest absolute Gasteiger partial charge is 0.142 e. The molecule has 1 rings (SSSR count). The molecule has 0 aliphatic rings. The van der Waals surface area contributed by atoms with Gasteiger partial charge in [0, 0.05) is 5.56 Å². The molecule has 53 valence electrons. The van der Waals surface area contributed by atoms with Gasteiger partial charge in [0.2, 0.25) is 0 Å². The van der Waals surface area contributed by atoms with Crippen LogP contribution in [-0.4, -0.2) is 0 Å². The summed E-state index contributed by atoms with van der Waals surface area (Å²) in [6.07, 6.45) is 0. The fraction of sp³-hybridized carbons (Fsp3) is 0. The molecule has 0 aliphatic carbocycles. The largest absolute Gasteiger partial charge is 0.207 e. The van der Waals surface area contributed by atoms with Gasteiger partial charge in [0.25, 0.3) is 0 Å². The third-order valence-corrected chi connectivity index (χ3v) is 1.55. The Kier molecular flexibility index (Phi) is 1.90. The molecular weight excluding hydrogens is 158 g/mol. The maximum Gasteiger partial charge on any atom is 0.142 e. The molecule has 0 unspecified atom stereocenters. The van der Waals surface area contributed by atoms with Gasteiger partial charge in [0.15, 0.2) is 0 Å². The van der Waals surface area contributed by atoms with Crippen LogP contribution in [0.15, 0.2) is 12.1 Å². The summed E-state index contributed by atoms with van der Waals surface area (Å²) in [6, 6.07) is 1.95. The SMILES string of the molecule is [CH2]c1c(F)ccc(F)c1Cl. The Morgan fingerprint density at radius 3 is 2.20 bits per heavy atom. The van der Waals surface area contributed by atoms with Crippen molar-refractivity contribution >= 4 is 11.6 Å². The van der Waals surface area contributed by atoms with E-state index in [1.165, 1.54) is 0 Å². The van der Waals surface area contributed by atoms with Gasteiger partial charge in [-0.2, -0.15) is 0 Å². The normalized spacial score (nSPS) is 10.0. The molecule has 0 saturated heterocycles. The summed E-state index contributed by atoms with van der Waals surface area (Å²) in [6.45, 7) is 3.23. The number of hydrogen-bond acceptors (Lipinski definition) is 0. The molecule has 3 heteroatoms. The Labute approximate surface area is 62.4 Å². The summed E-state index contributed by atoms with van der Waals surface area (Å²) in [5.74, 6) is -1.24. The summed E-state index contributed by atoms with van der Waals surface area (Å²) in [4.78, 5) is 0. The minimum absolute atomic E-state index is 0.0957. The first-order valence-corrected chi connectivity index (χ1v) is 2.96. The summed E-state index contributed by atoms with van der Waals surface area (Å²) in [5, 5.41) is -0.250. The van der Waals surface area contributed by atoms with E-state index in [-0.39, 0.29) is 10.6 Å². The summed E-state index contributed by atoms with van der Waals surface area (Å²) < 4.78 is 24.9. The van der Waals surface area contributed by atoms with Crippen LogP contribution >= 0.6 is 11.6 Å². The van der Waals surface area contributed by atoms with Crippen LogP contribution in [-0.2, 0) is 0 Å². The second-order valence-corrected chi connectivity index (χ2v) is 2.20. The Morgan fingerprint density at radius 2 is 1.70 bits per heavy atom. The lowest BCUT2D eigenvalue weighted by molar-refractivity contribution is 0.596. The number of rotatable bonds is 0. The van der Waals surface area contributed by atoms with Gasteiger partial charge in [0.05, 0.1) is 5.02 Å². The van der Waals surface area contributed by atoms with Crippen LogP contribution in [0.2, 0.25) is 5.02 Å². The van der Waals surface area contributed by atoms with E-state index in [1.807, 2.05) is 0 Å². The van der Waals surface area contributed by atoms with E-state index in [4.69, 9.17) is 11.6 Å². The molecule has 0 heterocycles. The van der Waals surface area contributed by atoms with E-state index in [0.717, 1.165) is 12.1 Å². The molecular formula is C7H4ClF2. The molecule has 10 heavy (non-hydrogen) atoms. The van der Waals surface area contributed by atoms with Gasteiger partial charge in [-0.05, 0) is 19.1 Å². The zero-order valence-corrected chi connectivity index (χ0v) is 5.75. The van der Waals surface area contributed by atoms with Crippen molar-refractivity contribution in [3.05, 3.63) is 41.3 Å². The summed E-state index contributed by atoms with van der Waals surface area (Å²) in [5.41, 5.74) is -0.0957. The van der Waals surface area contributed by atoms with Crippen molar-refractivity contribution in [1.82, 2.24) is 0 Å². The third kappa shape index (κ3) is 1.12. The average molecular weight is 162 g/mol. The maximum absolute atomic E-state index is 12.4. The van der Waals surface area contributed by atoms with E-state index >= 15 is 0 Å². The zero-order chi connectivity index (χ0) is 7.72. The van der Waals surface area contributed by atoms with E-state index in [9.17, 15) is 8.78 Å². The second kappa shape index (κ2) is 2.54. The highest BCUT2D eigenvalue weighted by molar-refractivity contribution is 6.31. The van der Waals surface area contributed by atoms with E-state index in [2.05, 4.69) is 6.92 Å². The highest BCUT2D eigenvalue weighted by Crippen LogP contribution is 2.20. The fourth-order valence-electron chi connectivity index (χ4n) is 0.569. The first kappa shape index (κ1) is 7.48. The van der Waals surface area contributed by atoms with Crippen molar-refractivity contribution in [1.29, 1.82) is 0 Å². The Morgan fingerprint density at radius 1 is 1.20 bits per heavy atom. The Balaban J connectivity index is 3.34. The molecule has 0 saturated carbocycles. The van der Waals surface area contributed by atoms with Gasteiger partial charge in [-0.1, -0.05) is 11.6 Å². The van der Waals surface area contributed by atoms with Crippen molar-refractivity contribution in [2.75, 3.05) is 0 Å². The zero-order valence-electron chi connectivity index (χ0n) is 5.00. The van der Waals surface area contributed by atoms with Crippen molar-refractivity contribution in [3.8, 4) is 0 Å². The first-order valence-electron chi connectivity index (χ1n) is 2.58. The molecule has 0 amide bonds. The van der Waals surface area contributed by atoms with Crippen LogP contribution in [0.3, 0.4) is 0 Å². The minimum Gasteiger partial charge on any atom is -0.207 e. The predicted molar refractivity (Wildman–Crippen MR) is 35.8 cm³/mol. The van der Waals surface area contributed by atoms with Crippen molar-refractivity contribution < 1.29 is 8.78 Å². The quantitative estimate of drug-likeness (QED) is 0.514. The molecule has 1 aromatic rings. The van der Waals surface area contributed by atoms with Gasteiger partial charge in [-0.15, -0.1) is 0 Å². The van der Waals surface area contributed by atoms with Gasteiger partial charge in [-0.25, -0.2) is 8.78 Å². The monoisotopic (exact) mass is 161 g/mol. The van der Waals surface area contributed by atoms with Crippen LogP contribution in [0.4, 0.5) is 8.78 Å². The highest BCUT2D eigenvalue weighted by atomic mass is 35.5. The molecule has 1 aromatic carbocycles. The topological polar surface area (TPSA) is 0 Å². The second-order valence-electron chi connectivity index (χ2n) is 1.82. The molecule has 0 fully saturated rings. The molecule has 0 spiro atoms. The molecule has 0 nitrogen and oxygen atoms in total. The van der Waals surface area contributed by atoms with Crippen LogP contribution in [0.25, 0.3) is 0 Å². The molecule has 1 radical (unpaired) electrons. The molecule has 0 atom stereocenters. The van der Waals surface area contributed by atoms with Gasteiger partial charge >= 0.3 is 0 Å². The molecule has 0 aliphatic heterocycles. The van der Waals surface area contributed by atoms with Gasteiger partial charge in [0.1, 0.15) is 11.6 Å². The van der Waals surface area contributed by atoms with Crippen LogP contribution in [0, 0.1) is 18.6 Å². The highest BCUT2D eigenvalue weighted by Gasteiger charge is 2.05. The third-order valence-electron chi connectivity index (χ3n) is 1.14. The van der Waals surface area contributed by atoms with Crippen molar-refractivity contribution in [2.24, 2.45) is 0 Å². The predicted octanol–water partition coefficient (Wildman–Crippen LogP) is 2.80. The standard InChI is InChI=1S/C7H4ClF2/c1-4-5(9)2-3-6(10)7(4)8/h2-3H,1H2. The Hall–Kier alpha value is -0.630. The number of hydrogen-bond donors (Lipinski definition) is 0. The van der Waals surface area contributed by atoms with E-state index < -0.39 is 11.6 Å². The minimum atomic E-state index is -0.645. The average Bonchev–Trinajstić information content (AvgIpc) is 1.93. The van der Waals surface area contributed by atoms with Crippen molar-refractivity contribution in [2.45, 2.75) is 0 Å².